The molecule has 2 heterocycles. The van der Waals surface area contributed by atoms with Crippen molar-refractivity contribution >= 4 is 40.6 Å². The van der Waals surface area contributed by atoms with Gasteiger partial charge in [-0.25, -0.2) is 4.39 Å². The Kier molecular flexibility index (Phi) is 4.04. The highest BCUT2D eigenvalue weighted by molar-refractivity contribution is 7.07. The van der Waals surface area contributed by atoms with Gasteiger partial charge in [0.15, 0.2) is 0 Å². The summed E-state index contributed by atoms with van der Waals surface area (Å²) in [5.74, 6) is -1.26. The molecule has 0 bridgehead atoms. The first kappa shape index (κ1) is 14.9. The van der Waals surface area contributed by atoms with Crippen molar-refractivity contribution in [1.82, 2.24) is 14.9 Å². The van der Waals surface area contributed by atoms with Gasteiger partial charge in [-0.15, -0.1) is 5.10 Å². The normalized spacial score (nSPS) is 17.8. The van der Waals surface area contributed by atoms with Crippen LogP contribution in [0.25, 0.3) is 0 Å². The number of halogens is 2. The lowest BCUT2D eigenvalue weighted by Gasteiger charge is -2.17. The fraction of sp³-hybridized carbons (Fsp3) is 0.231. The number of benzene rings is 1. The molecule has 22 heavy (non-hydrogen) atoms. The highest BCUT2D eigenvalue weighted by Gasteiger charge is 2.34. The van der Waals surface area contributed by atoms with E-state index in [9.17, 15) is 14.0 Å². The van der Waals surface area contributed by atoms with Crippen LogP contribution in [0.3, 0.4) is 0 Å². The van der Waals surface area contributed by atoms with Crippen LogP contribution >= 0.6 is 23.1 Å². The Labute approximate surface area is 134 Å². The van der Waals surface area contributed by atoms with Crippen LogP contribution in [0.2, 0.25) is 5.02 Å². The predicted molar refractivity (Wildman–Crippen MR) is 79.5 cm³/mol. The number of nitrogens with one attached hydrogen (secondary N) is 1. The van der Waals surface area contributed by atoms with Crippen molar-refractivity contribution in [2.45, 2.75) is 12.5 Å². The summed E-state index contributed by atoms with van der Waals surface area (Å²) in [6.45, 7) is 0.395. The van der Waals surface area contributed by atoms with Crippen LogP contribution in [0.1, 0.15) is 16.1 Å². The minimum atomic E-state index is -0.645. The van der Waals surface area contributed by atoms with Gasteiger partial charge in [0.1, 0.15) is 16.7 Å². The molecule has 1 atom stereocenters. The molecule has 6 nitrogen and oxygen atoms in total. The van der Waals surface area contributed by atoms with Gasteiger partial charge in [0, 0.05) is 12.2 Å². The van der Waals surface area contributed by atoms with E-state index in [0.717, 1.165) is 11.5 Å². The van der Waals surface area contributed by atoms with Crippen LogP contribution in [0.4, 0.5) is 10.1 Å². The summed E-state index contributed by atoms with van der Waals surface area (Å²) >= 11 is 6.59. The van der Waals surface area contributed by atoms with Crippen molar-refractivity contribution in [3.8, 4) is 0 Å². The summed E-state index contributed by atoms with van der Waals surface area (Å²) in [7, 11) is 0. The number of hydrogen-bond donors (Lipinski definition) is 1. The third-order valence-electron chi connectivity index (χ3n) is 3.31. The maximum Gasteiger partial charge on any atom is 0.265 e. The molecule has 1 aliphatic heterocycles. The molecule has 0 spiro atoms. The zero-order chi connectivity index (χ0) is 15.7. The Morgan fingerprint density at radius 1 is 1.50 bits per heavy atom. The van der Waals surface area contributed by atoms with Crippen LogP contribution < -0.4 is 10.2 Å². The quantitative estimate of drug-likeness (QED) is 0.925. The largest absolute Gasteiger partial charge is 0.339 e. The molecule has 1 aromatic carbocycles. The smallest absolute Gasteiger partial charge is 0.265 e. The molecule has 3 rings (SSSR count). The molecule has 0 saturated carbocycles. The lowest BCUT2D eigenvalue weighted by molar-refractivity contribution is -0.118. The number of carbonyl (C=O) groups is 2. The van der Waals surface area contributed by atoms with E-state index >= 15 is 0 Å². The van der Waals surface area contributed by atoms with Crippen molar-refractivity contribution < 1.29 is 14.0 Å². The molecule has 114 valence electrons. The first-order chi connectivity index (χ1) is 10.6. The Balaban J connectivity index is 1.72. The van der Waals surface area contributed by atoms with Crippen LogP contribution in [0.15, 0.2) is 24.4 Å². The van der Waals surface area contributed by atoms with E-state index in [4.69, 9.17) is 11.6 Å². The molecular weight excluding hydrogens is 331 g/mol. The molecule has 1 aliphatic rings. The SMILES string of the molecule is O=C(N[C@H]1CCN(c2ccc(Cl)c(F)c2)C1=O)c1cnns1. The van der Waals surface area contributed by atoms with Gasteiger partial charge in [-0.3, -0.25) is 9.59 Å². The van der Waals surface area contributed by atoms with E-state index in [2.05, 4.69) is 14.9 Å². The molecule has 1 N–H and O–H groups in total. The van der Waals surface area contributed by atoms with E-state index < -0.39 is 17.8 Å². The van der Waals surface area contributed by atoms with Gasteiger partial charge in [-0.05, 0) is 36.2 Å². The molecule has 0 unspecified atom stereocenters. The van der Waals surface area contributed by atoms with E-state index in [1.165, 1.54) is 23.2 Å². The zero-order valence-corrected chi connectivity index (χ0v) is 12.7. The van der Waals surface area contributed by atoms with Crippen molar-refractivity contribution in [1.29, 1.82) is 0 Å². The minimum absolute atomic E-state index is 0.00190. The second-order valence-corrected chi connectivity index (χ2v) is 5.88. The molecule has 2 aromatic rings. The summed E-state index contributed by atoms with van der Waals surface area (Å²) in [6, 6.07) is 3.53. The number of carbonyl (C=O) groups excluding carboxylic acids is 2. The van der Waals surface area contributed by atoms with Crippen molar-refractivity contribution in [2.75, 3.05) is 11.4 Å². The van der Waals surface area contributed by atoms with Crippen molar-refractivity contribution in [3.63, 3.8) is 0 Å². The fourth-order valence-corrected chi connectivity index (χ4v) is 2.76. The maximum atomic E-state index is 13.5. The third-order valence-corrected chi connectivity index (χ3v) is 4.28. The van der Waals surface area contributed by atoms with Gasteiger partial charge in [-0.2, -0.15) is 0 Å². The van der Waals surface area contributed by atoms with Crippen molar-refractivity contribution in [2.24, 2.45) is 0 Å². The average Bonchev–Trinajstić information content (AvgIpc) is 3.13. The van der Waals surface area contributed by atoms with Gasteiger partial charge >= 0.3 is 0 Å². The number of rotatable bonds is 3. The standard InChI is InChI=1S/C13H10ClFN4O2S/c14-8-2-1-7(5-9(8)15)19-4-3-10(13(19)21)17-12(20)11-6-16-18-22-11/h1-2,5-6,10H,3-4H2,(H,17,20)/t10-/m0/s1. The molecular formula is C13H10ClFN4O2S. The van der Waals surface area contributed by atoms with Gasteiger partial charge in [0.2, 0.25) is 5.91 Å². The average molecular weight is 341 g/mol. The Morgan fingerprint density at radius 2 is 2.32 bits per heavy atom. The van der Waals surface area contributed by atoms with Crippen LogP contribution in [-0.4, -0.2) is 34.0 Å². The molecule has 9 heteroatoms. The van der Waals surface area contributed by atoms with Gasteiger partial charge in [-0.1, -0.05) is 16.1 Å². The minimum Gasteiger partial charge on any atom is -0.339 e. The Bertz CT molecular complexity index is 725. The number of nitrogens with zero attached hydrogens (tertiary/aromatic N) is 3. The Morgan fingerprint density at radius 3 is 3.00 bits per heavy atom. The summed E-state index contributed by atoms with van der Waals surface area (Å²) in [4.78, 5) is 26.0. The molecule has 1 aromatic heterocycles. The van der Waals surface area contributed by atoms with Gasteiger partial charge < -0.3 is 10.2 Å². The second kappa shape index (κ2) is 5.98. The number of amides is 2. The molecule has 0 radical (unpaired) electrons. The molecule has 0 aliphatic carbocycles. The predicted octanol–water partition coefficient (Wildman–Crippen LogP) is 1.87. The topological polar surface area (TPSA) is 75.2 Å². The summed E-state index contributed by atoms with van der Waals surface area (Å²) < 4.78 is 17.1. The Hall–Kier alpha value is -2.06. The van der Waals surface area contributed by atoms with Gasteiger partial charge in [0.25, 0.3) is 5.91 Å². The lowest BCUT2D eigenvalue weighted by atomic mass is 10.2. The van der Waals surface area contributed by atoms with Gasteiger partial charge in [0.05, 0.1) is 11.2 Å². The lowest BCUT2D eigenvalue weighted by Crippen LogP contribution is -2.41. The summed E-state index contributed by atoms with van der Waals surface area (Å²) in [6.07, 6.45) is 1.78. The van der Waals surface area contributed by atoms with E-state index in [1.807, 2.05) is 0 Å². The third kappa shape index (κ3) is 2.79. The summed E-state index contributed by atoms with van der Waals surface area (Å²) in [5.41, 5.74) is 0.420. The van der Waals surface area contributed by atoms with E-state index in [-0.39, 0.29) is 10.9 Å². The van der Waals surface area contributed by atoms with Crippen LogP contribution in [-0.2, 0) is 4.79 Å². The fourth-order valence-electron chi connectivity index (χ4n) is 2.22. The van der Waals surface area contributed by atoms with Crippen LogP contribution in [0.5, 0.6) is 0 Å². The number of hydrogen-bond acceptors (Lipinski definition) is 5. The zero-order valence-electron chi connectivity index (χ0n) is 11.1. The maximum absolute atomic E-state index is 13.5. The van der Waals surface area contributed by atoms with Crippen LogP contribution in [0, 0.1) is 5.82 Å². The van der Waals surface area contributed by atoms with E-state index in [0.29, 0.717) is 23.5 Å². The summed E-state index contributed by atoms with van der Waals surface area (Å²) in [5, 5.41) is 6.21. The first-order valence-electron chi connectivity index (χ1n) is 6.41. The molecule has 1 saturated heterocycles. The number of anilines is 1. The van der Waals surface area contributed by atoms with Crippen molar-refractivity contribution in [3.05, 3.63) is 40.1 Å². The second-order valence-electron chi connectivity index (χ2n) is 4.68. The molecule has 2 amide bonds. The monoisotopic (exact) mass is 340 g/mol. The number of aromatic nitrogens is 2. The highest BCUT2D eigenvalue weighted by Crippen LogP contribution is 2.26. The van der Waals surface area contributed by atoms with E-state index in [1.54, 1.807) is 6.07 Å². The first-order valence-corrected chi connectivity index (χ1v) is 7.56. The molecule has 1 fully saturated rings. The highest BCUT2D eigenvalue weighted by atomic mass is 35.5.